The van der Waals surface area contributed by atoms with Gasteiger partial charge in [-0.15, -0.1) is 0 Å². The van der Waals surface area contributed by atoms with Gasteiger partial charge in [0.1, 0.15) is 11.9 Å². The monoisotopic (exact) mass is 337 g/mol. The van der Waals surface area contributed by atoms with Crippen molar-refractivity contribution >= 4 is 38.1 Å². The predicted molar refractivity (Wildman–Crippen MR) is 62.9 cm³/mol. The SMILES string of the molecule is COC1=C(Br)C(O)C2(C=C1Br)CC=NO2. The fraction of sp³-hybridized carbons (Fsp3) is 0.444. The highest BCUT2D eigenvalue weighted by molar-refractivity contribution is 9.12. The molecule has 15 heavy (non-hydrogen) atoms. The lowest BCUT2D eigenvalue weighted by Gasteiger charge is -2.33. The average molecular weight is 339 g/mol. The van der Waals surface area contributed by atoms with E-state index in [9.17, 15) is 5.11 Å². The fourth-order valence-corrected chi connectivity index (χ4v) is 3.40. The highest BCUT2D eigenvalue weighted by Crippen LogP contribution is 2.42. The molecule has 1 aliphatic heterocycles. The molecule has 1 spiro atoms. The molecule has 4 nitrogen and oxygen atoms in total. The van der Waals surface area contributed by atoms with E-state index in [1.165, 1.54) is 0 Å². The van der Waals surface area contributed by atoms with Crippen LogP contribution in [0.1, 0.15) is 6.42 Å². The minimum atomic E-state index is -0.809. The number of halogens is 2. The maximum absolute atomic E-state index is 10.1. The van der Waals surface area contributed by atoms with E-state index in [4.69, 9.17) is 9.57 Å². The lowest BCUT2D eigenvalue weighted by molar-refractivity contribution is -0.0570. The Hall–Kier alpha value is -0.330. The Morgan fingerprint density at radius 1 is 1.67 bits per heavy atom. The minimum absolute atomic E-state index is 0.537. The Morgan fingerprint density at radius 2 is 2.40 bits per heavy atom. The minimum Gasteiger partial charge on any atom is -0.495 e. The summed E-state index contributed by atoms with van der Waals surface area (Å²) >= 11 is 6.67. The Morgan fingerprint density at radius 3 is 2.93 bits per heavy atom. The second-order valence-electron chi connectivity index (χ2n) is 3.31. The van der Waals surface area contributed by atoms with Gasteiger partial charge in [0, 0.05) is 12.6 Å². The van der Waals surface area contributed by atoms with Gasteiger partial charge in [0.2, 0.25) is 0 Å². The summed E-state index contributed by atoms with van der Waals surface area (Å²) < 4.78 is 6.45. The molecule has 2 aliphatic rings. The van der Waals surface area contributed by atoms with Crippen molar-refractivity contribution in [3.8, 4) is 0 Å². The maximum Gasteiger partial charge on any atom is 0.192 e. The van der Waals surface area contributed by atoms with E-state index in [-0.39, 0.29) is 0 Å². The number of hydrogen-bond acceptors (Lipinski definition) is 4. The van der Waals surface area contributed by atoms with Gasteiger partial charge in [-0.3, -0.25) is 0 Å². The first kappa shape index (κ1) is 11.2. The molecule has 0 amide bonds. The number of oxime groups is 1. The standard InChI is InChI=1S/C9H9Br2NO3/c1-14-7-5(10)4-9(2-3-12-15-9)8(13)6(7)11/h3-4,8,13H,2H2,1H3. The van der Waals surface area contributed by atoms with Gasteiger partial charge in [0.15, 0.2) is 5.60 Å². The normalized spacial score (nSPS) is 34.4. The number of hydrogen-bond donors (Lipinski definition) is 1. The van der Waals surface area contributed by atoms with Crippen LogP contribution in [0.2, 0.25) is 0 Å². The van der Waals surface area contributed by atoms with Crippen LogP contribution >= 0.6 is 31.9 Å². The largest absolute Gasteiger partial charge is 0.495 e. The molecule has 1 heterocycles. The molecule has 0 radical (unpaired) electrons. The van der Waals surface area contributed by atoms with Crippen LogP contribution in [0.15, 0.2) is 26.0 Å². The number of ether oxygens (including phenoxy) is 1. The van der Waals surface area contributed by atoms with Gasteiger partial charge >= 0.3 is 0 Å². The molecule has 0 aromatic heterocycles. The molecule has 0 bridgehead atoms. The molecule has 2 rings (SSSR count). The van der Waals surface area contributed by atoms with Crippen LogP contribution in [0.5, 0.6) is 0 Å². The summed E-state index contributed by atoms with van der Waals surface area (Å²) in [6.45, 7) is 0. The van der Waals surface area contributed by atoms with Gasteiger partial charge in [-0.25, -0.2) is 0 Å². The molecule has 0 saturated heterocycles. The molecule has 6 heteroatoms. The third kappa shape index (κ3) is 1.64. The second-order valence-corrected chi connectivity index (χ2v) is 5.02. The molecule has 0 saturated carbocycles. The predicted octanol–water partition coefficient (Wildman–Crippen LogP) is 2.04. The number of methoxy groups -OCH3 is 1. The topological polar surface area (TPSA) is 51.0 Å². The van der Waals surface area contributed by atoms with Crippen molar-refractivity contribution in [3.05, 3.63) is 20.8 Å². The molecular weight excluding hydrogens is 330 g/mol. The average Bonchev–Trinajstić information content (AvgIpc) is 2.65. The van der Waals surface area contributed by atoms with Gasteiger partial charge in [0.25, 0.3) is 0 Å². The summed E-state index contributed by atoms with van der Waals surface area (Å²) in [6, 6.07) is 0. The number of aliphatic hydroxyl groups is 1. The quantitative estimate of drug-likeness (QED) is 0.796. The van der Waals surface area contributed by atoms with E-state index >= 15 is 0 Å². The van der Waals surface area contributed by atoms with Crippen LogP contribution in [0.25, 0.3) is 0 Å². The van der Waals surface area contributed by atoms with Crippen LogP contribution < -0.4 is 0 Å². The first-order chi connectivity index (χ1) is 7.10. The fourth-order valence-electron chi connectivity index (χ4n) is 1.61. The molecule has 0 fully saturated rings. The van der Waals surface area contributed by atoms with Crippen molar-refractivity contribution < 1.29 is 14.7 Å². The lowest BCUT2D eigenvalue weighted by Crippen LogP contribution is -2.43. The zero-order valence-corrected chi connectivity index (χ0v) is 11.1. The van der Waals surface area contributed by atoms with Gasteiger partial charge in [0.05, 0.1) is 16.1 Å². The Balaban J connectivity index is 2.40. The summed E-state index contributed by atoms with van der Waals surface area (Å²) in [5, 5.41) is 13.8. The van der Waals surface area contributed by atoms with Crippen molar-refractivity contribution in [1.29, 1.82) is 0 Å². The summed E-state index contributed by atoms with van der Waals surface area (Å²) in [4.78, 5) is 5.22. The molecule has 0 aromatic carbocycles. The summed E-state index contributed by atoms with van der Waals surface area (Å²) in [6.07, 6.45) is 3.14. The molecule has 1 aliphatic carbocycles. The molecule has 1 N–H and O–H groups in total. The van der Waals surface area contributed by atoms with Crippen LogP contribution in [0, 0.1) is 0 Å². The van der Waals surface area contributed by atoms with Crippen molar-refractivity contribution in [2.75, 3.05) is 7.11 Å². The van der Waals surface area contributed by atoms with Crippen molar-refractivity contribution in [2.45, 2.75) is 18.1 Å². The summed E-state index contributed by atoms with van der Waals surface area (Å²) in [5.74, 6) is 0.573. The summed E-state index contributed by atoms with van der Waals surface area (Å²) in [7, 11) is 1.54. The van der Waals surface area contributed by atoms with E-state index in [2.05, 4.69) is 37.0 Å². The number of nitrogens with zero attached hydrogens (tertiary/aromatic N) is 1. The van der Waals surface area contributed by atoms with E-state index < -0.39 is 11.7 Å². The van der Waals surface area contributed by atoms with Gasteiger partial charge in [-0.2, -0.15) is 0 Å². The van der Waals surface area contributed by atoms with Gasteiger partial charge < -0.3 is 14.7 Å². The van der Waals surface area contributed by atoms with Gasteiger partial charge in [-0.05, 0) is 37.9 Å². The molecule has 2 unspecified atom stereocenters. The molecule has 82 valence electrons. The molecular formula is C9H9Br2NO3. The lowest BCUT2D eigenvalue weighted by atomic mass is 9.89. The van der Waals surface area contributed by atoms with E-state index in [0.717, 1.165) is 4.48 Å². The molecule has 2 atom stereocenters. The van der Waals surface area contributed by atoms with Crippen LogP contribution in [-0.4, -0.2) is 30.1 Å². The third-order valence-electron chi connectivity index (χ3n) is 2.42. The van der Waals surface area contributed by atoms with Crippen molar-refractivity contribution in [2.24, 2.45) is 5.16 Å². The van der Waals surface area contributed by atoms with Crippen LogP contribution in [-0.2, 0) is 9.57 Å². The van der Waals surface area contributed by atoms with Crippen LogP contribution in [0.4, 0.5) is 0 Å². The second kappa shape index (κ2) is 3.92. The first-order valence-electron chi connectivity index (χ1n) is 4.31. The Labute approximate surface area is 104 Å². The number of aliphatic hydroxyl groups excluding tert-OH is 1. The third-order valence-corrected chi connectivity index (χ3v) is 3.80. The Bertz CT molecular complexity index is 368. The first-order valence-corrected chi connectivity index (χ1v) is 5.90. The van der Waals surface area contributed by atoms with E-state index in [1.54, 1.807) is 19.4 Å². The van der Waals surface area contributed by atoms with E-state index in [0.29, 0.717) is 16.7 Å². The Kier molecular flexibility index (Phi) is 2.92. The van der Waals surface area contributed by atoms with E-state index in [1.807, 2.05) is 0 Å². The summed E-state index contributed by atoms with van der Waals surface area (Å²) in [5.41, 5.74) is -0.806. The van der Waals surface area contributed by atoms with Gasteiger partial charge in [-0.1, -0.05) is 5.16 Å². The zero-order valence-electron chi connectivity index (χ0n) is 7.91. The van der Waals surface area contributed by atoms with Crippen molar-refractivity contribution in [3.63, 3.8) is 0 Å². The zero-order chi connectivity index (χ0) is 11.1. The van der Waals surface area contributed by atoms with Crippen LogP contribution in [0.3, 0.4) is 0 Å². The highest BCUT2D eigenvalue weighted by Gasteiger charge is 2.47. The highest BCUT2D eigenvalue weighted by atomic mass is 79.9. The molecule has 0 aromatic rings. The number of rotatable bonds is 1. The number of allylic oxidation sites excluding steroid dienone is 1. The smallest absolute Gasteiger partial charge is 0.192 e. The van der Waals surface area contributed by atoms with Crippen molar-refractivity contribution in [1.82, 2.24) is 0 Å². The maximum atomic E-state index is 10.1.